The Morgan fingerprint density at radius 1 is 1.29 bits per heavy atom. The van der Waals surface area contributed by atoms with E-state index in [1.165, 1.54) is 5.56 Å². The fraction of sp³-hybridized carbons (Fsp3) is 0.462. The Hall–Kier alpha value is -1.06. The molecule has 0 radical (unpaired) electrons. The van der Waals surface area contributed by atoms with Crippen molar-refractivity contribution in [2.45, 2.75) is 32.7 Å². The lowest BCUT2D eigenvalue weighted by molar-refractivity contribution is -0.143. The fourth-order valence-electron chi connectivity index (χ4n) is 1.52. The number of benzene rings is 1. The van der Waals surface area contributed by atoms with Crippen molar-refractivity contribution in [2.75, 3.05) is 6.61 Å². The van der Waals surface area contributed by atoms with E-state index in [1.807, 2.05) is 24.3 Å². The lowest BCUT2D eigenvalue weighted by Crippen LogP contribution is -2.17. The molecule has 1 rings (SSSR count). The Balaban J connectivity index is 0.00000256. The van der Waals surface area contributed by atoms with E-state index >= 15 is 0 Å². The van der Waals surface area contributed by atoms with Crippen LogP contribution < -0.4 is 5.73 Å². The van der Waals surface area contributed by atoms with E-state index < -0.39 is 0 Å². The average molecular weight is 258 g/mol. The van der Waals surface area contributed by atoms with Crippen LogP contribution in [0.4, 0.5) is 0 Å². The summed E-state index contributed by atoms with van der Waals surface area (Å²) in [5, 5.41) is 0. The van der Waals surface area contributed by atoms with Crippen LogP contribution in [-0.4, -0.2) is 12.6 Å². The molecule has 2 N–H and O–H groups in total. The number of hydrogen-bond acceptors (Lipinski definition) is 3. The van der Waals surface area contributed by atoms with Gasteiger partial charge in [-0.15, -0.1) is 12.4 Å². The van der Waals surface area contributed by atoms with Crippen LogP contribution in [0.25, 0.3) is 0 Å². The molecule has 0 saturated carbocycles. The third-order valence-electron chi connectivity index (χ3n) is 2.51. The highest BCUT2D eigenvalue weighted by atomic mass is 35.5. The fourth-order valence-corrected chi connectivity index (χ4v) is 1.52. The van der Waals surface area contributed by atoms with Crippen molar-refractivity contribution in [3.8, 4) is 0 Å². The SMILES string of the molecule is CCOC(=O)CC(N)c1ccc(CC)cc1.Cl. The van der Waals surface area contributed by atoms with Crippen LogP contribution in [-0.2, 0) is 16.0 Å². The van der Waals surface area contributed by atoms with Gasteiger partial charge in [0.1, 0.15) is 0 Å². The monoisotopic (exact) mass is 257 g/mol. The molecular formula is C13H20ClNO2. The summed E-state index contributed by atoms with van der Waals surface area (Å²) in [7, 11) is 0. The molecule has 1 atom stereocenters. The van der Waals surface area contributed by atoms with Gasteiger partial charge in [0, 0.05) is 6.04 Å². The van der Waals surface area contributed by atoms with Crippen LogP contribution >= 0.6 is 12.4 Å². The molecule has 0 aliphatic rings. The first-order valence-electron chi connectivity index (χ1n) is 5.67. The van der Waals surface area contributed by atoms with Crippen LogP contribution in [0, 0.1) is 0 Å². The van der Waals surface area contributed by atoms with E-state index in [1.54, 1.807) is 6.92 Å². The highest BCUT2D eigenvalue weighted by Gasteiger charge is 2.11. The maximum absolute atomic E-state index is 11.2. The first-order chi connectivity index (χ1) is 7.67. The third-order valence-corrected chi connectivity index (χ3v) is 2.51. The standard InChI is InChI=1S/C13H19NO2.ClH/c1-3-10-5-7-11(8-6-10)12(14)9-13(15)16-4-2;/h5-8,12H,3-4,9,14H2,1-2H3;1H. The van der Waals surface area contributed by atoms with Gasteiger partial charge in [-0.3, -0.25) is 4.79 Å². The van der Waals surface area contributed by atoms with Crippen molar-refractivity contribution in [3.63, 3.8) is 0 Å². The number of aryl methyl sites for hydroxylation is 1. The second kappa shape index (κ2) is 8.09. The molecule has 0 saturated heterocycles. The number of carbonyl (C=O) groups excluding carboxylic acids is 1. The third kappa shape index (κ3) is 5.20. The number of carbonyl (C=O) groups is 1. The topological polar surface area (TPSA) is 52.3 Å². The lowest BCUT2D eigenvalue weighted by atomic mass is 10.0. The predicted octanol–water partition coefficient (Wildman–Crippen LogP) is 2.62. The summed E-state index contributed by atoms with van der Waals surface area (Å²) in [5.41, 5.74) is 8.16. The molecule has 17 heavy (non-hydrogen) atoms. The zero-order valence-corrected chi connectivity index (χ0v) is 11.1. The van der Waals surface area contributed by atoms with Gasteiger partial charge in [0.05, 0.1) is 13.0 Å². The Kier molecular flexibility index (Phi) is 7.59. The predicted molar refractivity (Wildman–Crippen MR) is 71.2 cm³/mol. The summed E-state index contributed by atoms with van der Waals surface area (Å²) in [5.74, 6) is -0.241. The number of esters is 1. The summed E-state index contributed by atoms with van der Waals surface area (Å²) in [4.78, 5) is 11.2. The number of rotatable bonds is 5. The molecule has 0 aromatic heterocycles. The minimum Gasteiger partial charge on any atom is -0.466 e. The van der Waals surface area contributed by atoms with Gasteiger partial charge in [0.25, 0.3) is 0 Å². The van der Waals surface area contributed by atoms with E-state index in [9.17, 15) is 4.79 Å². The first kappa shape index (κ1) is 15.9. The summed E-state index contributed by atoms with van der Waals surface area (Å²) < 4.78 is 4.86. The van der Waals surface area contributed by atoms with Crippen LogP contribution in [0.3, 0.4) is 0 Å². The van der Waals surface area contributed by atoms with Gasteiger partial charge in [0.15, 0.2) is 0 Å². The zero-order valence-electron chi connectivity index (χ0n) is 10.3. The molecular weight excluding hydrogens is 238 g/mol. The quantitative estimate of drug-likeness (QED) is 0.825. The molecule has 1 unspecified atom stereocenters. The maximum Gasteiger partial charge on any atom is 0.307 e. The molecule has 0 aliphatic heterocycles. The second-order valence-electron chi connectivity index (χ2n) is 3.71. The highest BCUT2D eigenvalue weighted by molar-refractivity contribution is 5.85. The zero-order chi connectivity index (χ0) is 12.0. The summed E-state index contributed by atoms with van der Waals surface area (Å²) in [6.07, 6.45) is 1.24. The highest BCUT2D eigenvalue weighted by Crippen LogP contribution is 2.15. The van der Waals surface area contributed by atoms with E-state index in [2.05, 4.69) is 6.92 Å². The van der Waals surface area contributed by atoms with Gasteiger partial charge in [-0.05, 0) is 24.5 Å². The van der Waals surface area contributed by atoms with Crippen LogP contribution in [0.1, 0.15) is 37.4 Å². The van der Waals surface area contributed by atoms with Crippen molar-refractivity contribution in [3.05, 3.63) is 35.4 Å². The molecule has 4 heteroatoms. The first-order valence-corrected chi connectivity index (χ1v) is 5.67. The largest absolute Gasteiger partial charge is 0.466 e. The Morgan fingerprint density at radius 3 is 2.35 bits per heavy atom. The number of ether oxygens (including phenoxy) is 1. The Bertz CT molecular complexity index is 338. The van der Waals surface area contributed by atoms with Crippen molar-refractivity contribution in [2.24, 2.45) is 5.73 Å². The van der Waals surface area contributed by atoms with Crippen molar-refractivity contribution >= 4 is 18.4 Å². The lowest BCUT2D eigenvalue weighted by Gasteiger charge is -2.11. The van der Waals surface area contributed by atoms with Crippen LogP contribution in [0.5, 0.6) is 0 Å². The number of halogens is 1. The van der Waals surface area contributed by atoms with E-state index in [0.717, 1.165) is 12.0 Å². The van der Waals surface area contributed by atoms with Gasteiger partial charge in [0.2, 0.25) is 0 Å². The van der Waals surface area contributed by atoms with Gasteiger partial charge in [-0.2, -0.15) is 0 Å². The molecule has 0 aliphatic carbocycles. The second-order valence-corrected chi connectivity index (χ2v) is 3.71. The van der Waals surface area contributed by atoms with E-state index in [-0.39, 0.29) is 30.8 Å². The van der Waals surface area contributed by atoms with Crippen molar-refractivity contribution in [1.82, 2.24) is 0 Å². The normalized spacial score (nSPS) is 11.5. The number of nitrogens with two attached hydrogens (primary N) is 1. The minimum absolute atomic E-state index is 0. The van der Waals surface area contributed by atoms with Gasteiger partial charge in [-0.1, -0.05) is 31.2 Å². The minimum atomic E-state index is -0.273. The van der Waals surface area contributed by atoms with Gasteiger partial charge < -0.3 is 10.5 Å². The molecule has 0 fully saturated rings. The van der Waals surface area contributed by atoms with Crippen LogP contribution in [0.2, 0.25) is 0 Å². The van der Waals surface area contributed by atoms with E-state index in [4.69, 9.17) is 10.5 Å². The molecule has 0 heterocycles. The van der Waals surface area contributed by atoms with Crippen molar-refractivity contribution in [1.29, 1.82) is 0 Å². The van der Waals surface area contributed by atoms with Gasteiger partial charge in [-0.25, -0.2) is 0 Å². The molecule has 3 nitrogen and oxygen atoms in total. The average Bonchev–Trinajstić information content (AvgIpc) is 2.29. The smallest absolute Gasteiger partial charge is 0.307 e. The van der Waals surface area contributed by atoms with Gasteiger partial charge >= 0.3 is 5.97 Å². The summed E-state index contributed by atoms with van der Waals surface area (Å²) >= 11 is 0. The van der Waals surface area contributed by atoms with E-state index in [0.29, 0.717) is 6.61 Å². The number of hydrogen-bond donors (Lipinski definition) is 1. The van der Waals surface area contributed by atoms with Crippen LogP contribution in [0.15, 0.2) is 24.3 Å². The molecule has 1 aromatic carbocycles. The summed E-state index contributed by atoms with van der Waals surface area (Å²) in [6, 6.07) is 7.76. The molecule has 1 aromatic rings. The summed E-state index contributed by atoms with van der Waals surface area (Å²) in [6.45, 7) is 4.30. The molecule has 0 bridgehead atoms. The maximum atomic E-state index is 11.2. The van der Waals surface area contributed by atoms with Crippen molar-refractivity contribution < 1.29 is 9.53 Å². The molecule has 0 amide bonds. The molecule has 0 spiro atoms. The Morgan fingerprint density at radius 2 is 1.88 bits per heavy atom. The Labute approximate surface area is 109 Å². The molecule has 96 valence electrons.